The zero-order valence-electron chi connectivity index (χ0n) is 20.0. The number of hydrogen-bond acceptors (Lipinski definition) is 6. The average molecular weight is 469 g/mol. The lowest BCUT2D eigenvalue weighted by Gasteiger charge is -2.23. The molecule has 2 N–H and O–H groups in total. The molecule has 1 amide bonds. The molecule has 6 rings (SSSR count). The Morgan fingerprint density at radius 2 is 2.03 bits per heavy atom. The normalized spacial score (nSPS) is 14.9. The van der Waals surface area contributed by atoms with Crippen LogP contribution in [-0.2, 0) is 31.0 Å². The van der Waals surface area contributed by atoms with E-state index in [-0.39, 0.29) is 5.91 Å². The zero-order valence-corrected chi connectivity index (χ0v) is 20.0. The Balaban J connectivity index is 1.37. The summed E-state index contributed by atoms with van der Waals surface area (Å²) in [6, 6.07) is 9.99. The van der Waals surface area contributed by atoms with E-state index >= 15 is 0 Å². The van der Waals surface area contributed by atoms with Gasteiger partial charge in [0.05, 0.1) is 42.2 Å². The largest absolute Gasteiger partial charge is 0.383 e. The van der Waals surface area contributed by atoms with E-state index in [9.17, 15) is 4.79 Å². The van der Waals surface area contributed by atoms with Crippen LogP contribution in [0.2, 0.25) is 0 Å². The molecule has 8 nitrogen and oxygen atoms in total. The molecule has 1 fully saturated rings. The van der Waals surface area contributed by atoms with Crippen LogP contribution in [-0.4, -0.2) is 25.7 Å². The van der Waals surface area contributed by atoms with Crippen LogP contribution in [0, 0.1) is 6.92 Å². The van der Waals surface area contributed by atoms with Crippen LogP contribution in [0.5, 0.6) is 0 Å². The Labute approximate surface area is 203 Å². The molecular weight excluding hydrogens is 440 g/mol. The van der Waals surface area contributed by atoms with Gasteiger partial charge in [-0.05, 0) is 56.0 Å². The second-order valence-corrected chi connectivity index (χ2v) is 9.39. The Morgan fingerprint density at radius 3 is 2.74 bits per heavy atom. The number of benzene rings is 1. The molecule has 1 aliphatic carbocycles. The second-order valence-electron chi connectivity index (χ2n) is 9.39. The van der Waals surface area contributed by atoms with Crippen LogP contribution >= 0.6 is 0 Å². The summed E-state index contributed by atoms with van der Waals surface area (Å²) in [6.45, 7) is 6.12. The third-order valence-electron chi connectivity index (χ3n) is 6.94. The van der Waals surface area contributed by atoms with Gasteiger partial charge in [-0.2, -0.15) is 5.10 Å². The van der Waals surface area contributed by atoms with Crippen molar-refractivity contribution in [2.24, 2.45) is 0 Å². The number of pyridine rings is 2. The van der Waals surface area contributed by atoms with Crippen molar-refractivity contribution >= 4 is 28.3 Å². The number of nitrogen functional groups attached to an aromatic ring is 1. The van der Waals surface area contributed by atoms with Gasteiger partial charge in [-0.15, -0.1) is 0 Å². The minimum absolute atomic E-state index is 0.103. The monoisotopic (exact) mass is 468 g/mol. The fraction of sp³-hybridized carbons (Fsp3) is 0.333. The predicted molar refractivity (Wildman–Crippen MR) is 134 cm³/mol. The van der Waals surface area contributed by atoms with Gasteiger partial charge in [0.25, 0.3) is 5.91 Å². The molecule has 1 saturated carbocycles. The van der Waals surface area contributed by atoms with Crippen LogP contribution in [0.1, 0.15) is 64.1 Å². The number of fused-ring (bicyclic) bond motifs is 3. The first-order chi connectivity index (χ1) is 17.0. The number of hydrogen-bond donors (Lipinski definition) is 1. The molecule has 4 heterocycles. The van der Waals surface area contributed by atoms with E-state index in [4.69, 9.17) is 10.5 Å². The summed E-state index contributed by atoms with van der Waals surface area (Å²) in [7, 11) is 0. The number of rotatable bonds is 6. The lowest BCUT2D eigenvalue weighted by atomic mass is 10.0. The molecule has 0 radical (unpaired) electrons. The molecule has 0 unspecified atom stereocenters. The van der Waals surface area contributed by atoms with E-state index in [0.717, 1.165) is 51.2 Å². The molecular formula is C27H28N6O2. The minimum atomic E-state index is -0.103. The van der Waals surface area contributed by atoms with Crippen molar-refractivity contribution in [1.29, 1.82) is 0 Å². The van der Waals surface area contributed by atoms with E-state index in [0.29, 0.717) is 37.1 Å². The maximum Gasteiger partial charge on any atom is 0.260 e. The summed E-state index contributed by atoms with van der Waals surface area (Å²) in [5.41, 5.74) is 13.3. The van der Waals surface area contributed by atoms with Gasteiger partial charge in [0.1, 0.15) is 5.82 Å². The molecule has 35 heavy (non-hydrogen) atoms. The summed E-state index contributed by atoms with van der Waals surface area (Å²) in [4.78, 5) is 24.7. The van der Waals surface area contributed by atoms with Crippen molar-refractivity contribution in [3.8, 4) is 0 Å². The molecule has 0 atom stereocenters. The molecule has 0 spiro atoms. The molecule has 2 aliphatic rings. The third kappa shape index (κ3) is 3.93. The topological polar surface area (TPSA) is 99.2 Å². The first-order valence-corrected chi connectivity index (χ1v) is 12.1. The highest BCUT2D eigenvalue weighted by Gasteiger charge is 2.27. The van der Waals surface area contributed by atoms with Gasteiger partial charge in [0, 0.05) is 41.5 Å². The maximum atomic E-state index is 13.8. The van der Waals surface area contributed by atoms with Gasteiger partial charge in [-0.1, -0.05) is 12.1 Å². The van der Waals surface area contributed by atoms with Gasteiger partial charge >= 0.3 is 0 Å². The second kappa shape index (κ2) is 8.46. The van der Waals surface area contributed by atoms with Crippen LogP contribution < -0.4 is 10.6 Å². The Morgan fingerprint density at radius 1 is 1.20 bits per heavy atom. The molecule has 8 heteroatoms. The lowest BCUT2D eigenvalue weighted by Crippen LogP contribution is -2.31. The highest BCUT2D eigenvalue weighted by Crippen LogP contribution is 2.39. The third-order valence-corrected chi connectivity index (χ3v) is 6.94. The number of carbonyl (C=O) groups is 1. The van der Waals surface area contributed by atoms with Crippen molar-refractivity contribution in [3.63, 3.8) is 0 Å². The van der Waals surface area contributed by atoms with Crippen molar-refractivity contribution in [1.82, 2.24) is 19.7 Å². The standard InChI is InChI=1S/C27H28N6O2/c1-3-32-13-25(16(2)31-32)33(27(34)19-7-9-23(29-11-19)18-5-6-18)12-17-4-8-20-21-14-35-15-22(21)26(28)30-24(20)10-17/h4,7-11,13,18H,3,5-6,12,14-15H2,1-2H3,(H2,28,30). The number of aromatic nitrogens is 4. The lowest BCUT2D eigenvalue weighted by molar-refractivity contribution is 0.0984. The number of aryl methyl sites for hydroxylation is 2. The number of nitrogens with zero attached hydrogens (tertiary/aromatic N) is 5. The summed E-state index contributed by atoms with van der Waals surface area (Å²) in [5, 5.41) is 5.62. The molecule has 0 bridgehead atoms. The molecule has 0 saturated heterocycles. The Kier molecular flexibility index (Phi) is 5.25. The van der Waals surface area contributed by atoms with Crippen LogP contribution in [0.4, 0.5) is 11.5 Å². The number of anilines is 2. The molecule has 1 aromatic carbocycles. The first-order valence-electron chi connectivity index (χ1n) is 12.1. The molecule has 3 aromatic heterocycles. The van der Waals surface area contributed by atoms with E-state index in [1.54, 1.807) is 11.1 Å². The summed E-state index contributed by atoms with van der Waals surface area (Å²) >= 11 is 0. The van der Waals surface area contributed by atoms with Crippen molar-refractivity contribution in [2.45, 2.75) is 58.9 Å². The Bertz CT molecular complexity index is 1440. The first kappa shape index (κ1) is 21.7. The fourth-order valence-corrected chi connectivity index (χ4v) is 4.81. The minimum Gasteiger partial charge on any atom is -0.383 e. The van der Waals surface area contributed by atoms with E-state index in [1.807, 2.05) is 49.0 Å². The highest BCUT2D eigenvalue weighted by atomic mass is 16.5. The van der Waals surface area contributed by atoms with E-state index < -0.39 is 0 Å². The van der Waals surface area contributed by atoms with Crippen LogP contribution in [0.15, 0.2) is 42.7 Å². The van der Waals surface area contributed by atoms with E-state index in [2.05, 4.69) is 21.1 Å². The average Bonchev–Trinajstić information content (AvgIpc) is 3.47. The Hall–Kier alpha value is -3.78. The number of amides is 1. The van der Waals surface area contributed by atoms with Gasteiger partial charge in [0.2, 0.25) is 0 Å². The smallest absolute Gasteiger partial charge is 0.260 e. The highest BCUT2D eigenvalue weighted by molar-refractivity contribution is 6.06. The fourth-order valence-electron chi connectivity index (χ4n) is 4.81. The summed E-state index contributed by atoms with van der Waals surface area (Å²) in [6.07, 6.45) is 5.99. The molecule has 178 valence electrons. The van der Waals surface area contributed by atoms with Crippen molar-refractivity contribution in [3.05, 3.63) is 76.4 Å². The van der Waals surface area contributed by atoms with Crippen LogP contribution in [0.3, 0.4) is 0 Å². The van der Waals surface area contributed by atoms with Gasteiger partial charge < -0.3 is 15.4 Å². The zero-order chi connectivity index (χ0) is 24.1. The number of ether oxygens (including phenoxy) is 1. The van der Waals surface area contributed by atoms with Gasteiger partial charge in [-0.25, -0.2) is 4.98 Å². The molecule has 1 aliphatic heterocycles. The summed E-state index contributed by atoms with van der Waals surface area (Å²) < 4.78 is 7.45. The summed E-state index contributed by atoms with van der Waals surface area (Å²) in [5.74, 6) is 0.954. The predicted octanol–water partition coefficient (Wildman–Crippen LogP) is 4.49. The number of nitrogens with two attached hydrogens (primary N) is 1. The van der Waals surface area contributed by atoms with Crippen molar-refractivity contribution < 1.29 is 9.53 Å². The maximum absolute atomic E-state index is 13.8. The van der Waals surface area contributed by atoms with Crippen molar-refractivity contribution in [2.75, 3.05) is 10.6 Å². The van der Waals surface area contributed by atoms with E-state index in [1.165, 1.54) is 12.8 Å². The van der Waals surface area contributed by atoms with Gasteiger partial charge in [-0.3, -0.25) is 14.5 Å². The quantitative estimate of drug-likeness (QED) is 0.448. The SMILES string of the molecule is CCn1cc(N(Cc2ccc3c4c(c(N)nc3c2)COC4)C(=O)c2ccc(C3CC3)nc2)c(C)n1. The van der Waals surface area contributed by atoms with Gasteiger partial charge in [0.15, 0.2) is 0 Å². The van der Waals surface area contributed by atoms with Crippen LogP contribution in [0.25, 0.3) is 10.9 Å². The molecule has 4 aromatic rings. The number of carbonyl (C=O) groups excluding carboxylic acids is 1.